The van der Waals surface area contributed by atoms with Crippen LogP contribution in [-0.2, 0) is 6.42 Å². The second-order valence-corrected chi connectivity index (χ2v) is 6.70. The summed E-state index contributed by atoms with van der Waals surface area (Å²) in [7, 11) is 0. The second kappa shape index (κ2) is 9.46. The first-order chi connectivity index (χ1) is 14.1. The van der Waals surface area contributed by atoms with Crippen molar-refractivity contribution in [1.82, 2.24) is 0 Å². The predicted octanol–water partition coefficient (Wildman–Crippen LogP) is 7.39. The van der Waals surface area contributed by atoms with Crippen molar-refractivity contribution in [3.05, 3.63) is 89.8 Å². The van der Waals surface area contributed by atoms with Crippen LogP contribution in [0.15, 0.2) is 66.8 Å². The van der Waals surface area contributed by atoms with E-state index in [1.165, 1.54) is 6.07 Å². The summed E-state index contributed by atoms with van der Waals surface area (Å²) in [5.41, 5.74) is 0.972. The van der Waals surface area contributed by atoms with Gasteiger partial charge in [-0.2, -0.15) is 0 Å². The normalized spacial score (nSPS) is 11.8. The van der Waals surface area contributed by atoms with E-state index < -0.39 is 17.5 Å². The number of benzene rings is 3. The van der Waals surface area contributed by atoms with Gasteiger partial charge in [0.05, 0.1) is 5.39 Å². The number of hydrogen-bond donors (Lipinski definition) is 0. The molecule has 0 saturated carbocycles. The van der Waals surface area contributed by atoms with Crippen LogP contribution >= 0.6 is 0 Å². The van der Waals surface area contributed by atoms with Crippen LogP contribution in [0.1, 0.15) is 25.8 Å². The summed E-state index contributed by atoms with van der Waals surface area (Å²) in [5, 5.41) is 0.0372. The van der Waals surface area contributed by atoms with Crippen molar-refractivity contribution in [2.75, 3.05) is 6.61 Å². The Balaban J connectivity index is 1.98. The molecule has 0 amide bonds. The molecular formula is C25H23F3O. The zero-order valence-electron chi connectivity index (χ0n) is 16.5. The van der Waals surface area contributed by atoms with Crippen molar-refractivity contribution in [1.29, 1.82) is 0 Å². The molecule has 0 N–H and O–H groups in total. The number of aryl methyl sites for hydroxylation is 1. The van der Waals surface area contributed by atoms with Gasteiger partial charge in [0, 0.05) is 5.56 Å². The van der Waals surface area contributed by atoms with Crippen molar-refractivity contribution < 1.29 is 17.9 Å². The largest absolute Gasteiger partial charge is 0.490 e. The topological polar surface area (TPSA) is 9.23 Å². The fourth-order valence-corrected chi connectivity index (χ4v) is 3.20. The van der Waals surface area contributed by atoms with Crippen LogP contribution in [0.2, 0.25) is 0 Å². The monoisotopic (exact) mass is 396 g/mol. The van der Waals surface area contributed by atoms with E-state index in [0.29, 0.717) is 41.7 Å². The van der Waals surface area contributed by atoms with Crippen molar-refractivity contribution in [3.8, 4) is 16.9 Å². The SMILES string of the molecule is CC=CCOc1ccc(-c2cc3ccc(CC/C=C/C)c(F)c3c(F)c2F)cc1. The van der Waals surface area contributed by atoms with Crippen LogP contribution in [-0.4, -0.2) is 6.61 Å². The van der Waals surface area contributed by atoms with Crippen molar-refractivity contribution >= 4 is 10.8 Å². The van der Waals surface area contributed by atoms with Gasteiger partial charge in [-0.05, 0) is 61.4 Å². The lowest BCUT2D eigenvalue weighted by Gasteiger charge is -2.12. The standard InChI is InChI=1S/C25H23F3O/c1-3-5-7-8-18-9-10-19-16-21(24(27)25(28)22(19)23(18)26)17-11-13-20(14-12-17)29-15-6-4-2/h3-6,9-14,16H,7-8,15H2,1-2H3/b5-3+,6-4?. The van der Waals surface area contributed by atoms with Gasteiger partial charge in [0.1, 0.15) is 18.2 Å². The Kier molecular flexibility index (Phi) is 6.76. The zero-order chi connectivity index (χ0) is 20.8. The molecule has 4 heteroatoms. The highest BCUT2D eigenvalue weighted by molar-refractivity contribution is 5.89. The third-order valence-corrected chi connectivity index (χ3v) is 4.77. The predicted molar refractivity (Wildman–Crippen MR) is 113 cm³/mol. The lowest BCUT2D eigenvalue weighted by molar-refractivity contribution is 0.363. The number of ether oxygens (including phenoxy) is 1. The van der Waals surface area contributed by atoms with Crippen LogP contribution in [0.25, 0.3) is 21.9 Å². The summed E-state index contributed by atoms with van der Waals surface area (Å²) in [6.45, 7) is 4.22. The van der Waals surface area contributed by atoms with E-state index in [1.54, 1.807) is 36.4 Å². The molecule has 0 aromatic heterocycles. The zero-order valence-corrected chi connectivity index (χ0v) is 16.5. The van der Waals surface area contributed by atoms with E-state index in [4.69, 9.17) is 4.74 Å². The maximum atomic E-state index is 14.8. The Morgan fingerprint density at radius 2 is 1.55 bits per heavy atom. The number of hydrogen-bond acceptors (Lipinski definition) is 1. The van der Waals surface area contributed by atoms with Gasteiger partial charge in [-0.3, -0.25) is 0 Å². The molecule has 0 aliphatic heterocycles. The first-order valence-corrected chi connectivity index (χ1v) is 9.61. The van der Waals surface area contributed by atoms with Gasteiger partial charge in [0.2, 0.25) is 0 Å². The van der Waals surface area contributed by atoms with E-state index in [2.05, 4.69) is 0 Å². The Morgan fingerprint density at radius 3 is 2.24 bits per heavy atom. The molecule has 150 valence electrons. The minimum Gasteiger partial charge on any atom is -0.490 e. The molecule has 0 atom stereocenters. The number of halogens is 3. The van der Waals surface area contributed by atoms with Crippen LogP contribution in [0, 0.1) is 17.5 Å². The molecule has 3 aromatic rings. The minimum absolute atomic E-state index is 0.0936. The average molecular weight is 396 g/mol. The van der Waals surface area contributed by atoms with Gasteiger partial charge in [-0.1, -0.05) is 48.6 Å². The van der Waals surface area contributed by atoms with E-state index in [9.17, 15) is 13.2 Å². The molecular weight excluding hydrogens is 373 g/mol. The number of allylic oxidation sites excluding steroid dienone is 3. The van der Waals surface area contributed by atoms with Crippen LogP contribution in [0.5, 0.6) is 5.75 Å². The van der Waals surface area contributed by atoms with E-state index in [0.717, 1.165) is 0 Å². The number of rotatable bonds is 7. The first kappa shape index (κ1) is 20.7. The van der Waals surface area contributed by atoms with Crippen molar-refractivity contribution in [2.24, 2.45) is 0 Å². The van der Waals surface area contributed by atoms with Gasteiger partial charge in [0.25, 0.3) is 0 Å². The van der Waals surface area contributed by atoms with E-state index in [1.807, 2.05) is 38.2 Å². The van der Waals surface area contributed by atoms with Crippen LogP contribution in [0.3, 0.4) is 0 Å². The quantitative estimate of drug-likeness (QED) is 0.378. The molecule has 3 aromatic carbocycles. The van der Waals surface area contributed by atoms with Crippen LogP contribution in [0.4, 0.5) is 13.2 Å². The first-order valence-electron chi connectivity index (χ1n) is 9.61. The Morgan fingerprint density at radius 1 is 0.828 bits per heavy atom. The number of fused-ring (bicyclic) bond motifs is 1. The highest BCUT2D eigenvalue weighted by Gasteiger charge is 2.19. The minimum atomic E-state index is -1.16. The molecule has 0 aliphatic rings. The summed E-state index contributed by atoms with van der Waals surface area (Å²) in [6, 6.07) is 11.5. The Hall–Kier alpha value is -3.01. The third kappa shape index (κ3) is 4.53. The Labute approximate surface area is 169 Å². The van der Waals surface area contributed by atoms with Crippen molar-refractivity contribution in [3.63, 3.8) is 0 Å². The molecule has 0 aliphatic carbocycles. The lowest BCUT2D eigenvalue weighted by Crippen LogP contribution is -1.98. The van der Waals surface area contributed by atoms with E-state index >= 15 is 0 Å². The van der Waals surface area contributed by atoms with Crippen molar-refractivity contribution in [2.45, 2.75) is 26.7 Å². The molecule has 0 saturated heterocycles. The fourth-order valence-electron chi connectivity index (χ4n) is 3.20. The molecule has 0 fully saturated rings. The summed E-state index contributed by atoms with van der Waals surface area (Å²) >= 11 is 0. The molecule has 0 radical (unpaired) electrons. The summed E-state index contributed by atoms with van der Waals surface area (Å²) in [4.78, 5) is 0. The maximum Gasteiger partial charge on any atom is 0.170 e. The second-order valence-electron chi connectivity index (χ2n) is 6.70. The van der Waals surface area contributed by atoms with Gasteiger partial charge in [-0.25, -0.2) is 13.2 Å². The summed E-state index contributed by atoms with van der Waals surface area (Å²) < 4.78 is 49.9. The van der Waals surface area contributed by atoms with Gasteiger partial charge >= 0.3 is 0 Å². The molecule has 0 heterocycles. The van der Waals surface area contributed by atoms with E-state index in [-0.39, 0.29) is 10.9 Å². The Bertz CT molecular complexity index is 1050. The van der Waals surface area contributed by atoms with Crippen LogP contribution < -0.4 is 4.74 Å². The highest BCUT2D eigenvalue weighted by atomic mass is 19.2. The van der Waals surface area contributed by atoms with Gasteiger partial charge in [0.15, 0.2) is 11.6 Å². The van der Waals surface area contributed by atoms with Gasteiger partial charge in [-0.15, -0.1) is 0 Å². The third-order valence-electron chi connectivity index (χ3n) is 4.77. The lowest BCUT2D eigenvalue weighted by atomic mass is 9.97. The summed E-state index contributed by atoms with van der Waals surface area (Å²) in [6.07, 6.45) is 8.62. The average Bonchev–Trinajstić information content (AvgIpc) is 2.73. The smallest absolute Gasteiger partial charge is 0.170 e. The summed E-state index contributed by atoms with van der Waals surface area (Å²) in [5.74, 6) is -2.27. The molecule has 0 bridgehead atoms. The highest BCUT2D eigenvalue weighted by Crippen LogP contribution is 2.34. The molecule has 29 heavy (non-hydrogen) atoms. The maximum absolute atomic E-state index is 14.8. The molecule has 3 rings (SSSR count). The van der Waals surface area contributed by atoms with Gasteiger partial charge < -0.3 is 4.74 Å². The molecule has 0 unspecified atom stereocenters. The fraction of sp³-hybridized carbons (Fsp3) is 0.200. The molecule has 1 nitrogen and oxygen atoms in total. The molecule has 0 spiro atoms.